The lowest BCUT2D eigenvalue weighted by atomic mass is 9.44. The van der Waals surface area contributed by atoms with Crippen molar-refractivity contribution in [2.75, 3.05) is 13.2 Å². The maximum Gasteiger partial charge on any atom is 0.407 e. The molecule has 6 rings (SSSR count). The van der Waals surface area contributed by atoms with Crippen LogP contribution in [0.1, 0.15) is 83.3 Å². The van der Waals surface area contributed by atoms with Crippen LogP contribution in [0.5, 0.6) is 0 Å². The molecule has 3 aliphatic carbocycles. The topological polar surface area (TPSA) is 231 Å². The maximum absolute atomic E-state index is 15.4. The number of esters is 4. The fourth-order valence-corrected chi connectivity index (χ4v) is 9.67. The monoisotopic (exact) mass is 821 g/mol. The number of benzene rings is 2. The molecule has 59 heavy (non-hydrogen) atoms. The molecule has 11 atom stereocenters. The molecule has 1 heterocycles. The Kier molecular flexibility index (Phi) is 11.9. The number of alkyl carbamates (subject to hydrolysis) is 1. The molecule has 16 heteroatoms. The van der Waals surface area contributed by atoms with Crippen molar-refractivity contribution in [3.8, 4) is 0 Å². The number of hydrogen-bond donors (Lipinski definition) is 4. The first kappa shape index (κ1) is 43.4. The number of fused-ring (bicyclic) bond motifs is 5. The van der Waals surface area contributed by atoms with Crippen LogP contribution in [-0.4, -0.2) is 112 Å². The zero-order chi connectivity index (χ0) is 43.2. The zero-order valence-corrected chi connectivity index (χ0v) is 34.0. The molecule has 4 N–H and O–H groups in total. The van der Waals surface area contributed by atoms with Crippen molar-refractivity contribution in [1.82, 2.24) is 5.32 Å². The van der Waals surface area contributed by atoms with Crippen molar-refractivity contribution >= 4 is 35.8 Å². The second-order valence-corrected chi connectivity index (χ2v) is 16.4. The summed E-state index contributed by atoms with van der Waals surface area (Å²) in [6.45, 7) is 9.50. The molecule has 2 saturated carbocycles. The van der Waals surface area contributed by atoms with Gasteiger partial charge in [0.05, 0.1) is 42.3 Å². The number of ketones is 1. The van der Waals surface area contributed by atoms with Gasteiger partial charge >= 0.3 is 30.0 Å². The summed E-state index contributed by atoms with van der Waals surface area (Å²) in [5, 5.41) is 39.6. The summed E-state index contributed by atoms with van der Waals surface area (Å²) in [7, 11) is 0. The second kappa shape index (κ2) is 16.1. The normalized spacial score (nSPS) is 32.9. The predicted octanol–water partition coefficient (Wildman–Crippen LogP) is 3.05. The van der Waals surface area contributed by atoms with Gasteiger partial charge in [-0.2, -0.15) is 0 Å². The van der Waals surface area contributed by atoms with Gasteiger partial charge in [-0.25, -0.2) is 14.4 Å². The summed E-state index contributed by atoms with van der Waals surface area (Å²) < 4.78 is 35.1. The van der Waals surface area contributed by atoms with Gasteiger partial charge in [0.15, 0.2) is 23.6 Å². The fourth-order valence-electron chi connectivity index (χ4n) is 9.67. The number of hydrogen-bond acceptors (Lipinski definition) is 15. The molecule has 1 amide bonds. The first-order valence-electron chi connectivity index (χ1n) is 19.5. The minimum Gasteiger partial charge on any atom is -0.456 e. The van der Waals surface area contributed by atoms with Crippen LogP contribution >= 0.6 is 0 Å². The third kappa shape index (κ3) is 7.29. The summed E-state index contributed by atoms with van der Waals surface area (Å²) in [5.74, 6) is -6.29. The number of Topliss-reactive ketones (excluding diaryl/α,β-unsaturated/α-hetero) is 1. The Hall–Kier alpha value is -5.16. The van der Waals surface area contributed by atoms with Crippen LogP contribution in [0.3, 0.4) is 0 Å². The Labute approximate surface area is 341 Å². The lowest BCUT2D eigenvalue weighted by Crippen LogP contribution is -2.82. The van der Waals surface area contributed by atoms with Gasteiger partial charge in [-0.05, 0) is 49.6 Å². The minimum absolute atomic E-state index is 0.00198. The molecule has 3 fully saturated rings. The first-order chi connectivity index (χ1) is 27.7. The molecule has 0 aromatic heterocycles. The van der Waals surface area contributed by atoms with Gasteiger partial charge in [0.25, 0.3) is 0 Å². The zero-order valence-electron chi connectivity index (χ0n) is 34.0. The molecule has 318 valence electrons. The molecule has 2 aromatic carbocycles. The summed E-state index contributed by atoms with van der Waals surface area (Å²) in [6.07, 6.45) is -11.5. The number of carbonyl (C=O) groups excluding carboxylic acids is 6. The molecule has 2 bridgehead atoms. The van der Waals surface area contributed by atoms with Crippen LogP contribution in [0.15, 0.2) is 71.8 Å². The lowest BCUT2D eigenvalue weighted by Gasteiger charge is -2.67. The number of amides is 1. The van der Waals surface area contributed by atoms with E-state index in [9.17, 15) is 39.3 Å². The van der Waals surface area contributed by atoms with Crippen LogP contribution in [-0.2, 0) is 47.6 Å². The number of aliphatic hydroxyl groups excluding tert-OH is 2. The number of rotatable bonds is 10. The molecule has 0 radical (unpaired) electrons. The molecular formula is C43H51NO15. The van der Waals surface area contributed by atoms with Crippen LogP contribution < -0.4 is 5.32 Å². The number of carbonyl (C=O) groups is 6. The largest absolute Gasteiger partial charge is 0.456 e. The summed E-state index contributed by atoms with van der Waals surface area (Å²) in [5.41, 5.74) is -7.33. The quantitative estimate of drug-likeness (QED) is 0.153. The molecule has 1 saturated heterocycles. The van der Waals surface area contributed by atoms with E-state index < -0.39 is 113 Å². The van der Waals surface area contributed by atoms with E-state index in [2.05, 4.69) is 5.32 Å². The van der Waals surface area contributed by atoms with E-state index in [4.69, 9.17) is 28.4 Å². The highest BCUT2D eigenvalue weighted by atomic mass is 16.6. The fraction of sp³-hybridized carbons (Fsp3) is 0.535. The molecular weight excluding hydrogens is 770 g/mol. The van der Waals surface area contributed by atoms with E-state index in [0.717, 1.165) is 13.8 Å². The van der Waals surface area contributed by atoms with E-state index in [1.807, 2.05) is 0 Å². The van der Waals surface area contributed by atoms with Crippen LogP contribution in [0, 0.1) is 16.7 Å². The summed E-state index contributed by atoms with van der Waals surface area (Å²) in [6, 6.07) is 14.5. The van der Waals surface area contributed by atoms with E-state index in [1.165, 1.54) is 26.0 Å². The van der Waals surface area contributed by atoms with Crippen LogP contribution in [0.4, 0.5) is 4.79 Å². The Morgan fingerprint density at radius 2 is 1.56 bits per heavy atom. The average Bonchev–Trinajstić information content (AvgIpc) is 3.18. The first-order valence-corrected chi connectivity index (χ1v) is 19.5. The molecule has 1 aliphatic heterocycles. The second-order valence-electron chi connectivity index (χ2n) is 16.4. The van der Waals surface area contributed by atoms with Gasteiger partial charge in [0, 0.05) is 32.1 Å². The van der Waals surface area contributed by atoms with Crippen molar-refractivity contribution < 1.29 is 72.5 Å². The third-order valence-corrected chi connectivity index (χ3v) is 12.7. The SMILES string of the molecule is CCOC(=O)NC(c1ccccc1)[C@@H](O)C(=O)O[C@H]1C[C@@]2(O)[C@@H](OC(=O)c3ccccc3)[C@@H]3[C@]4(OC(C)=O)CO[C@@H]4C[C@H](O)[C@@]3(C)C(=O)[C@H](OC(C)=O)C(=C1C)C2(C)C. The minimum atomic E-state index is -2.39. The highest BCUT2D eigenvalue weighted by Crippen LogP contribution is 2.64. The van der Waals surface area contributed by atoms with Gasteiger partial charge in [-0.1, -0.05) is 62.4 Å². The van der Waals surface area contributed by atoms with Crippen molar-refractivity contribution in [2.24, 2.45) is 16.7 Å². The number of aliphatic hydroxyl groups is 3. The van der Waals surface area contributed by atoms with Crippen molar-refractivity contribution in [3.05, 3.63) is 82.9 Å². The van der Waals surface area contributed by atoms with Gasteiger partial charge in [-0.15, -0.1) is 0 Å². The highest BCUT2D eigenvalue weighted by molar-refractivity contribution is 5.95. The average molecular weight is 822 g/mol. The van der Waals surface area contributed by atoms with Gasteiger partial charge in [0.2, 0.25) is 0 Å². The molecule has 16 nitrogen and oxygen atoms in total. The Morgan fingerprint density at radius 3 is 2.12 bits per heavy atom. The highest BCUT2D eigenvalue weighted by Gasteiger charge is 2.78. The smallest absolute Gasteiger partial charge is 0.407 e. The van der Waals surface area contributed by atoms with E-state index in [-0.39, 0.29) is 36.3 Å². The molecule has 0 spiro atoms. The van der Waals surface area contributed by atoms with Crippen LogP contribution in [0.25, 0.3) is 0 Å². The van der Waals surface area contributed by atoms with Gasteiger partial charge < -0.3 is 49.1 Å². The van der Waals surface area contributed by atoms with E-state index in [1.54, 1.807) is 69.3 Å². The van der Waals surface area contributed by atoms with E-state index >= 15 is 4.79 Å². The standard InChI is InChI=1S/C43H51NO15/c1-8-54-39(52)44-31(25-15-11-9-12-16-25)32(48)38(51)57-27-20-43(53)36(58-37(50)26-17-13-10-14-18-26)34-41(7,28(47)19-29-42(34,21-55-29)59-24(4)46)35(49)33(56-23(3)45)30(22(27)2)40(43,5)6/h9-18,27-29,31-34,36,47-48,53H,8,19-21H2,1-7H3,(H,44,52)/t27-,28-,29+,31?,32+,33+,34-,36-,41+,42-,43+/m0/s1. The lowest BCUT2D eigenvalue weighted by molar-refractivity contribution is -0.346. The number of nitrogens with one attached hydrogen (secondary N) is 1. The maximum atomic E-state index is 15.4. The Bertz CT molecular complexity index is 2020. The molecule has 4 aliphatic rings. The molecule has 1 unspecified atom stereocenters. The summed E-state index contributed by atoms with van der Waals surface area (Å²) >= 11 is 0. The van der Waals surface area contributed by atoms with Gasteiger partial charge in [-0.3, -0.25) is 14.4 Å². The van der Waals surface area contributed by atoms with E-state index in [0.29, 0.717) is 5.56 Å². The Morgan fingerprint density at radius 1 is 0.932 bits per heavy atom. The third-order valence-electron chi connectivity index (χ3n) is 12.7. The van der Waals surface area contributed by atoms with Gasteiger partial charge in [0.1, 0.15) is 23.9 Å². The van der Waals surface area contributed by atoms with Crippen molar-refractivity contribution in [1.29, 1.82) is 0 Å². The predicted molar refractivity (Wildman–Crippen MR) is 204 cm³/mol. The summed E-state index contributed by atoms with van der Waals surface area (Å²) in [4.78, 5) is 82.2. The van der Waals surface area contributed by atoms with Crippen molar-refractivity contribution in [3.63, 3.8) is 0 Å². The number of ether oxygens (including phenoxy) is 6. The Balaban J connectivity index is 1.55. The molecule has 2 aromatic rings. The van der Waals surface area contributed by atoms with Crippen LogP contribution in [0.2, 0.25) is 0 Å². The van der Waals surface area contributed by atoms with Crippen molar-refractivity contribution in [2.45, 2.75) is 115 Å².